The van der Waals surface area contributed by atoms with Gasteiger partial charge in [-0.15, -0.1) is 11.3 Å². The summed E-state index contributed by atoms with van der Waals surface area (Å²) >= 11 is 1.55. The average Bonchev–Trinajstić information content (AvgIpc) is 2.96. The molecule has 0 saturated heterocycles. The molecule has 90 valence electrons. The lowest BCUT2D eigenvalue weighted by Crippen LogP contribution is -2.28. The van der Waals surface area contributed by atoms with Gasteiger partial charge in [-0.05, 0) is 13.3 Å². The molecule has 0 aromatic carbocycles. The van der Waals surface area contributed by atoms with Crippen molar-refractivity contribution in [2.75, 3.05) is 0 Å². The molecule has 0 saturated carbocycles. The second-order valence-corrected chi connectivity index (χ2v) is 4.64. The van der Waals surface area contributed by atoms with Crippen LogP contribution < -0.4 is 5.32 Å². The number of aryl methyl sites for hydroxylation is 1. The van der Waals surface area contributed by atoms with Crippen molar-refractivity contribution in [2.45, 2.75) is 26.3 Å². The van der Waals surface area contributed by atoms with Crippen LogP contribution in [0.15, 0.2) is 17.8 Å². The zero-order chi connectivity index (χ0) is 12.3. The van der Waals surface area contributed by atoms with Crippen molar-refractivity contribution >= 4 is 17.2 Å². The maximum absolute atomic E-state index is 12.0. The van der Waals surface area contributed by atoms with Crippen LogP contribution in [-0.4, -0.2) is 21.1 Å². The predicted octanol–water partition coefficient (Wildman–Crippen LogP) is 2.06. The van der Waals surface area contributed by atoms with E-state index < -0.39 is 0 Å². The first kappa shape index (κ1) is 11.8. The van der Waals surface area contributed by atoms with E-state index in [-0.39, 0.29) is 11.9 Å². The molecule has 5 nitrogen and oxygen atoms in total. The maximum atomic E-state index is 12.0. The molecule has 0 radical (unpaired) electrons. The maximum Gasteiger partial charge on any atom is 0.255 e. The molecule has 2 aromatic heterocycles. The van der Waals surface area contributed by atoms with E-state index in [1.54, 1.807) is 23.7 Å². The molecule has 0 bridgehead atoms. The fraction of sp³-hybridized carbons (Fsp3) is 0.364. The summed E-state index contributed by atoms with van der Waals surface area (Å²) in [6.07, 6.45) is 4.10. The smallest absolute Gasteiger partial charge is 0.255 e. The van der Waals surface area contributed by atoms with Crippen LogP contribution in [-0.2, 0) is 0 Å². The molecule has 2 rings (SSSR count). The Kier molecular flexibility index (Phi) is 3.53. The summed E-state index contributed by atoms with van der Waals surface area (Å²) in [5, 5.41) is 12.4. The number of rotatable bonds is 4. The second kappa shape index (κ2) is 5.09. The molecule has 0 aliphatic carbocycles. The van der Waals surface area contributed by atoms with Gasteiger partial charge in [0.2, 0.25) is 0 Å². The Balaban J connectivity index is 2.10. The third-order valence-corrected chi connectivity index (χ3v) is 3.43. The summed E-state index contributed by atoms with van der Waals surface area (Å²) in [6, 6.07) is -0.0307. The van der Waals surface area contributed by atoms with Gasteiger partial charge in [-0.2, -0.15) is 5.10 Å². The van der Waals surface area contributed by atoms with Crippen molar-refractivity contribution in [2.24, 2.45) is 0 Å². The number of thiazole rings is 1. The van der Waals surface area contributed by atoms with Gasteiger partial charge in [-0.1, -0.05) is 6.92 Å². The number of amides is 1. The molecule has 1 amide bonds. The molecule has 6 heteroatoms. The van der Waals surface area contributed by atoms with Crippen LogP contribution in [0.1, 0.15) is 40.4 Å². The number of carbonyl (C=O) groups excluding carboxylic acids is 1. The van der Waals surface area contributed by atoms with Gasteiger partial charge in [-0.3, -0.25) is 9.89 Å². The van der Waals surface area contributed by atoms with E-state index in [4.69, 9.17) is 0 Å². The molecule has 2 aromatic rings. The molecule has 1 unspecified atom stereocenters. The average molecular weight is 250 g/mol. The highest BCUT2D eigenvalue weighted by molar-refractivity contribution is 7.09. The lowest BCUT2D eigenvalue weighted by atomic mass is 10.2. The zero-order valence-corrected chi connectivity index (χ0v) is 10.5. The third-order valence-electron chi connectivity index (χ3n) is 2.54. The van der Waals surface area contributed by atoms with Crippen molar-refractivity contribution < 1.29 is 4.79 Å². The first-order valence-electron chi connectivity index (χ1n) is 5.42. The largest absolute Gasteiger partial charge is 0.343 e. The first-order valence-corrected chi connectivity index (χ1v) is 6.30. The number of hydrogen-bond donors (Lipinski definition) is 2. The molecule has 1 atom stereocenters. The lowest BCUT2D eigenvalue weighted by molar-refractivity contribution is 0.0935. The fourth-order valence-electron chi connectivity index (χ4n) is 1.56. The van der Waals surface area contributed by atoms with Gasteiger partial charge in [0.05, 0.1) is 17.8 Å². The third kappa shape index (κ3) is 2.52. The topological polar surface area (TPSA) is 70.7 Å². The number of hydrogen-bond acceptors (Lipinski definition) is 4. The fourth-order valence-corrected chi connectivity index (χ4v) is 2.33. The van der Waals surface area contributed by atoms with Crippen LogP contribution >= 0.6 is 11.3 Å². The van der Waals surface area contributed by atoms with Gasteiger partial charge >= 0.3 is 0 Å². The Hall–Kier alpha value is -1.69. The second-order valence-electron chi connectivity index (χ2n) is 3.71. The molecule has 2 N–H and O–H groups in total. The van der Waals surface area contributed by atoms with Crippen LogP contribution in [0, 0.1) is 6.92 Å². The molecule has 17 heavy (non-hydrogen) atoms. The number of aromatic nitrogens is 3. The molecule has 0 aliphatic heterocycles. The van der Waals surface area contributed by atoms with Crippen molar-refractivity contribution in [1.29, 1.82) is 0 Å². The van der Waals surface area contributed by atoms with Crippen LogP contribution in [0.2, 0.25) is 0 Å². The van der Waals surface area contributed by atoms with Crippen molar-refractivity contribution in [3.8, 4) is 0 Å². The van der Waals surface area contributed by atoms with Crippen molar-refractivity contribution in [1.82, 2.24) is 20.5 Å². The number of H-pyrrole nitrogens is 1. The van der Waals surface area contributed by atoms with E-state index in [9.17, 15) is 4.79 Å². The predicted molar refractivity (Wildman–Crippen MR) is 65.9 cm³/mol. The molecule has 2 heterocycles. The Bertz CT molecular complexity index is 491. The summed E-state index contributed by atoms with van der Waals surface area (Å²) in [7, 11) is 0. The van der Waals surface area contributed by atoms with E-state index in [2.05, 4.69) is 20.5 Å². The minimum absolute atomic E-state index is 0.0307. The summed E-state index contributed by atoms with van der Waals surface area (Å²) in [5.74, 6) is -0.113. The van der Waals surface area contributed by atoms with Gasteiger partial charge in [-0.25, -0.2) is 4.98 Å². The van der Waals surface area contributed by atoms with Crippen molar-refractivity contribution in [3.63, 3.8) is 0 Å². The van der Waals surface area contributed by atoms with Gasteiger partial charge in [0.25, 0.3) is 5.91 Å². The zero-order valence-electron chi connectivity index (χ0n) is 9.73. The standard InChI is InChI=1S/C11H14N4OS/c1-3-9(11-12-4-5-17-11)14-10(16)8-6-13-15-7(8)2/h4-6,9H,3H2,1-2H3,(H,13,15)(H,14,16). The lowest BCUT2D eigenvalue weighted by Gasteiger charge is -2.13. The van der Waals surface area contributed by atoms with Crippen molar-refractivity contribution in [3.05, 3.63) is 34.0 Å². The molecule has 0 spiro atoms. The van der Waals surface area contributed by atoms with E-state index in [1.807, 2.05) is 19.2 Å². The Morgan fingerprint density at radius 2 is 2.47 bits per heavy atom. The number of nitrogens with zero attached hydrogens (tertiary/aromatic N) is 2. The summed E-state index contributed by atoms with van der Waals surface area (Å²) < 4.78 is 0. The highest BCUT2D eigenvalue weighted by Crippen LogP contribution is 2.19. The Morgan fingerprint density at radius 1 is 1.65 bits per heavy atom. The number of nitrogens with one attached hydrogen (secondary N) is 2. The van der Waals surface area contributed by atoms with Gasteiger partial charge in [0.1, 0.15) is 5.01 Å². The van der Waals surface area contributed by atoms with Gasteiger partial charge in [0.15, 0.2) is 0 Å². The van der Waals surface area contributed by atoms with Gasteiger partial charge in [0, 0.05) is 17.3 Å². The highest BCUT2D eigenvalue weighted by Gasteiger charge is 2.18. The minimum Gasteiger partial charge on any atom is -0.343 e. The molecule has 0 aliphatic rings. The molecular weight excluding hydrogens is 236 g/mol. The highest BCUT2D eigenvalue weighted by atomic mass is 32.1. The quantitative estimate of drug-likeness (QED) is 0.872. The molecular formula is C11H14N4OS. The van der Waals surface area contributed by atoms with E-state index in [0.29, 0.717) is 5.56 Å². The Labute approximate surface area is 103 Å². The first-order chi connectivity index (χ1) is 8.22. The Morgan fingerprint density at radius 3 is 3.00 bits per heavy atom. The van der Waals surface area contributed by atoms with E-state index >= 15 is 0 Å². The van der Waals surface area contributed by atoms with Crippen LogP contribution in [0.25, 0.3) is 0 Å². The summed E-state index contributed by atoms with van der Waals surface area (Å²) in [5.41, 5.74) is 1.36. The SMILES string of the molecule is CCC(NC(=O)c1cn[nH]c1C)c1nccs1. The van der Waals surface area contributed by atoms with Crippen LogP contribution in [0.4, 0.5) is 0 Å². The number of carbonyl (C=O) groups is 1. The molecule has 0 fully saturated rings. The van der Waals surface area contributed by atoms with E-state index in [0.717, 1.165) is 17.1 Å². The summed E-state index contributed by atoms with van der Waals surface area (Å²) in [6.45, 7) is 3.85. The van der Waals surface area contributed by atoms with Crippen LogP contribution in [0.3, 0.4) is 0 Å². The summed E-state index contributed by atoms with van der Waals surface area (Å²) in [4.78, 5) is 16.2. The minimum atomic E-state index is -0.113. The monoisotopic (exact) mass is 250 g/mol. The van der Waals surface area contributed by atoms with E-state index in [1.165, 1.54) is 0 Å². The number of aromatic amines is 1. The van der Waals surface area contributed by atoms with Crippen LogP contribution in [0.5, 0.6) is 0 Å². The normalized spacial score (nSPS) is 12.4. The van der Waals surface area contributed by atoms with Gasteiger partial charge < -0.3 is 5.32 Å².